The van der Waals surface area contributed by atoms with E-state index in [1.807, 2.05) is 0 Å². The van der Waals surface area contributed by atoms with Gasteiger partial charge in [0.05, 0.1) is 11.3 Å². The highest BCUT2D eigenvalue weighted by Crippen LogP contribution is 2.20. The van der Waals surface area contributed by atoms with Crippen molar-refractivity contribution in [3.8, 4) is 12.3 Å². The molecule has 0 heterocycles. The highest BCUT2D eigenvalue weighted by atomic mass is 19.2. The fraction of sp³-hybridized carbons (Fsp3) is 0.167. The molecule has 0 aliphatic carbocycles. The van der Waals surface area contributed by atoms with Gasteiger partial charge >= 0.3 is 12.0 Å². The lowest BCUT2D eigenvalue weighted by atomic mass is 10.1. The number of benzene rings is 1. The molecule has 0 spiro atoms. The second-order valence-corrected chi connectivity index (χ2v) is 3.45. The van der Waals surface area contributed by atoms with Crippen LogP contribution in [-0.2, 0) is 0 Å². The zero-order valence-electron chi connectivity index (χ0n) is 9.67. The zero-order valence-corrected chi connectivity index (χ0v) is 9.67. The summed E-state index contributed by atoms with van der Waals surface area (Å²) in [7, 11) is 0. The molecular weight excluding hydrogens is 258 g/mol. The first-order valence-electron chi connectivity index (χ1n) is 5.16. The minimum atomic E-state index is -1.49. The van der Waals surface area contributed by atoms with Crippen LogP contribution in [0.1, 0.15) is 16.8 Å². The number of aromatic carboxylic acids is 1. The number of terminal acetylenes is 1. The van der Waals surface area contributed by atoms with E-state index in [1.165, 1.54) is 0 Å². The van der Waals surface area contributed by atoms with Crippen LogP contribution in [0.25, 0.3) is 0 Å². The fourth-order valence-electron chi connectivity index (χ4n) is 1.24. The molecule has 0 unspecified atom stereocenters. The smallest absolute Gasteiger partial charge is 0.337 e. The van der Waals surface area contributed by atoms with Gasteiger partial charge in [0.15, 0.2) is 11.6 Å². The van der Waals surface area contributed by atoms with E-state index >= 15 is 0 Å². The molecule has 0 aliphatic heterocycles. The number of halogens is 2. The van der Waals surface area contributed by atoms with Crippen molar-refractivity contribution < 1.29 is 23.5 Å². The Hall–Kier alpha value is -2.62. The molecule has 5 nitrogen and oxygen atoms in total. The summed E-state index contributed by atoms with van der Waals surface area (Å²) in [5, 5.41) is 13.3. The third-order valence-electron chi connectivity index (χ3n) is 2.09. The van der Waals surface area contributed by atoms with Crippen LogP contribution in [-0.4, -0.2) is 23.7 Å². The highest BCUT2D eigenvalue weighted by molar-refractivity contribution is 6.00. The van der Waals surface area contributed by atoms with Gasteiger partial charge in [0, 0.05) is 19.0 Å². The lowest BCUT2D eigenvalue weighted by molar-refractivity contribution is 0.0697. The molecule has 0 aromatic heterocycles. The summed E-state index contributed by atoms with van der Waals surface area (Å²) < 4.78 is 25.9. The molecule has 0 saturated heterocycles. The van der Waals surface area contributed by atoms with Gasteiger partial charge in [-0.15, -0.1) is 12.3 Å². The van der Waals surface area contributed by atoms with E-state index < -0.39 is 29.2 Å². The number of carbonyl (C=O) groups excluding carboxylic acids is 1. The number of carboxylic acid groups (broad SMARTS) is 1. The van der Waals surface area contributed by atoms with E-state index in [0.29, 0.717) is 12.1 Å². The van der Waals surface area contributed by atoms with E-state index in [9.17, 15) is 18.4 Å². The number of hydrogen-bond donors (Lipinski definition) is 3. The Labute approximate surface area is 107 Å². The molecule has 7 heteroatoms. The van der Waals surface area contributed by atoms with Crippen LogP contribution < -0.4 is 10.6 Å². The zero-order chi connectivity index (χ0) is 14.4. The van der Waals surface area contributed by atoms with Crippen molar-refractivity contribution in [3.05, 3.63) is 29.3 Å². The van der Waals surface area contributed by atoms with E-state index in [1.54, 1.807) is 0 Å². The molecule has 0 aliphatic rings. The first-order valence-corrected chi connectivity index (χ1v) is 5.16. The Morgan fingerprint density at radius 1 is 1.32 bits per heavy atom. The molecule has 1 rings (SSSR count). The van der Waals surface area contributed by atoms with Crippen LogP contribution in [0.4, 0.5) is 19.3 Å². The Morgan fingerprint density at radius 2 is 1.95 bits per heavy atom. The van der Waals surface area contributed by atoms with Crippen molar-refractivity contribution in [2.75, 3.05) is 11.9 Å². The molecule has 0 saturated carbocycles. The predicted octanol–water partition coefficient (Wildman–Crippen LogP) is 1.81. The minimum Gasteiger partial charge on any atom is -0.478 e. The second-order valence-electron chi connectivity index (χ2n) is 3.45. The molecule has 2 amide bonds. The van der Waals surface area contributed by atoms with Crippen molar-refractivity contribution in [2.24, 2.45) is 0 Å². The van der Waals surface area contributed by atoms with Gasteiger partial charge in [-0.3, -0.25) is 0 Å². The maximum absolute atomic E-state index is 13.0. The van der Waals surface area contributed by atoms with Crippen LogP contribution >= 0.6 is 0 Å². The molecule has 3 N–H and O–H groups in total. The summed E-state index contributed by atoms with van der Waals surface area (Å²) in [6.07, 6.45) is 5.27. The van der Waals surface area contributed by atoms with E-state index in [4.69, 9.17) is 11.5 Å². The minimum absolute atomic E-state index is 0.175. The van der Waals surface area contributed by atoms with Gasteiger partial charge in [-0.05, 0) is 6.07 Å². The first-order chi connectivity index (χ1) is 8.95. The summed E-state index contributed by atoms with van der Waals surface area (Å²) in [5.74, 6) is -1.77. The molecule has 19 heavy (non-hydrogen) atoms. The molecule has 0 radical (unpaired) electrons. The number of nitrogens with one attached hydrogen (secondary N) is 2. The molecule has 1 aromatic carbocycles. The SMILES string of the molecule is C#CCCNC(=O)Nc1cc(F)c(F)cc1C(=O)O. The number of rotatable bonds is 4. The average molecular weight is 268 g/mol. The lowest BCUT2D eigenvalue weighted by Crippen LogP contribution is -2.30. The Kier molecular flexibility index (Phi) is 4.83. The van der Waals surface area contributed by atoms with Gasteiger partial charge in [0.1, 0.15) is 0 Å². The normalized spacial score (nSPS) is 9.53. The topological polar surface area (TPSA) is 78.4 Å². The van der Waals surface area contributed by atoms with Gasteiger partial charge in [-0.2, -0.15) is 0 Å². The number of hydrogen-bond acceptors (Lipinski definition) is 2. The van der Waals surface area contributed by atoms with Crippen LogP contribution in [0.2, 0.25) is 0 Å². The van der Waals surface area contributed by atoms with Crippen LogP contribution in [0.5, 0.6) is 0 Å². The van der Waals surface area contributed by atoms with Gasteiger partial charge in [0.2, 0.25) is 0 Å². The standard InChI is InChI=1S/C12H10F2N2O3/c1-2-3-4-15-12(19)16-10-6-9(14)8(13)5-7(10)11(17)18/h1,5-6H,3-4H2,(H,17,18)(H2,15,16,19). The third-order valence-corrected chi connectivity index (χ3v) is 2.09. The summed E-state index contributed by atoms with van der Waals surface area (Å²) in [6.45, 7) is 0.175. The van der Waals surface area contributed by atoms with E-state index in [2.05, 4.69) is 16.6 Å². The summed E-state index contributed by atoms with van der Waals surface area (Å²) in [5.41, 5.74) is -0.893. The first kappa shape index (κ1) is 14.4. The molecule has 1 aromatic rings. The molecule has 0 fully saturated rings. The fourth-order valence-corrected chi connectivity index (χ4v) is 1.24. The predicted molar refractivity (Wildman–Crippen MR) is 63.8 cm³/mol. The lowest BCUT2D eigenvalue weighted by Gasteiger charge is -2.09. The van der Waals surface area contributed by atoms with Crippen LogP contribution in [0.3, 0.4) is 0 Å². The highest BCUT2D eigenvalue weighted by Gasteiger charge is 2.16. The Bertz CT molecular complexity index is 553. The number of anilines is 1. The summed E-state index contributed by atoms with van der Waals surface area (Å²) in [4.78, 5) is 22.2. The quantitative estimate of drug-likeness (QED) is 0.575. The van der Waals surface area contributed by atoms with Crippen LogP contribution in [0.15, 0.2) is 12.1 Å². The molecule has 100 valence electrons. The number of amides is 2. The molecule has 0 bridgehead atoms. The van der Waals surface area contributed by atoms with Gasteiger partial charge in [-0.1, -0.05) is 0 Å². The largest absolute Gasteiger partial charge is 0.478 e. The maximum atomic E-state index is 13.0. The van der Waals surface area contributed by atoms with Gasteiger partial charge in [-0.25, -0.2) is 18.4 Å². The van der Waals surface area contributed by atoms with Crippen molar-refractivity contribution in [1.29, 1.82) is 0 Å². The monoisotopic (exact) mass is 268 g/mol. The second kappa shape index (κ2) is 6.35. The maximum Gasteiger partial charge on any atom is 0.337 e. The average Bonchev–Trinajstić information content (AvgIpc) is 2.33. The molecular formula is C12H10F2N2O3. The van der Waals surface area contributed by atoms with Crippen molar-refractivity contribution >= 4 is 17.7 Å². The Morgan fingerprint density at radius 3 is 2.53 bits per heavy atom. The van der Waals surface area contributed by atoms with Crippen molar-refractivity contribution in [2.45, 2.75) is 6.42 Å². The summed E-state index contributed by atoms with van der Waals surface area (Å²) in [6, 6.07) is 0.331. The van der Waals surface area contributed by atoms with Crippen molar-refractivity contribution in [1.82, 2.24) is 5.32 Å². The van der Waals surface area contributed by atoms with E-state index in [-0.39, 0.29) is 18.7 Å². The third kappa shape index (κ3) is 3.96. The van der Waals surface area contributed by atoms with Gasteiger partial charge < -0.3 is 15.7 Å². The number of carbonyl (C=O) groups is 2. The van der Waals surface area contributed by atoms with Gasteiger partial charge in [0.25, 0.3) is 0 Å². The Balaban J connectivity index is 2.88. The van der Waals surface area contributed by atoms with Crippen LogP contribution in [0, 0.1) is 24.0 Å². The summed E-state index contributed by atoms with van der Waals surface area (Å²) >= 11 is 0. The molecule has 0 atom stereocenters. The number of carboxylic acids is 1. The van der Waals surface area contributed by atoms with E-state index in [0.717, 1.165) is 0 Å². The van der Waals surface area contributed by atoms with Crippen molar-refractivity contribution in [3.63, 3.8) is 0 Å². The number of urea groups is 1.